The molecular formula is C38H37FN4O4S. The fraction of sp³-hybridized carbons (Fsp3) is 0.237. The van der Waals surface area contributed by atoms with Gasteiger partial charge in [-0.15, -0.1) is 11.3 Å². The first-order chi connectivity index (χ1) is 22.8. The van der Waals surface area contributed by atoms with Crippen molar-refractivity contribution < 1.29 is 23.9 Å². The molecule has 246 valence electrons. The molecule has 0 radical (unpaired) electrons. The summed E-state index contributed by atoms with van der Waals surface area (Å²) < 4.78 is 15.1. The van der Waals surface area contributed by atoms with Crippen molar-refractivity contribution in [3.8, 4) is 33.6 Å². The highest BCUT2D eigenvalue weighted by molar-refractivity contribution is 7.14. The number of aliphatic carboxylic acids is 1. The predicted molar refractivity (Wildman–Crippen MR) is 186 cm³/mol. The van der Waals surface area contributed by atoms with Crippen LogP contribution in [0.25, 0.3) is 33.6 Å². The molecule has 5 aromatic rings. The molecule has 0 aliphatic carbocycles. The van der Waals surface area contributed by atoms with E-state index in [9.17, 15) is 19.5 Å². The molecule has 0 spiro atoms. The third kappa shape index (κ3) is 8.19. The van der Waals surface area contributed by atoms with Gasteiger partial charge in [0.2, 0.25) is 5.91 Å². The molecule has 0 fully saturated rings. The molecule has 0 unspecified atom stereocenters. The first kappa shape index (κ1) is 34.1. The van der Waals surface area contributed by atoms with Crippen LogP contribution in [-0.4, -0.2) is 44.9 Å². The van der Waals surface area contributed by atoms with E-state index < -0.39 is 29.9 Å². The number of benzene rings is 3. The van der Waals surface area contributed by atoms with Gasteiger partial charge in [0.05, 0.1) is 4.88 Å². The van der Waals surface area contributed by atoms with Gasteiger partial charge in [0.1, 0.15) is 17.9 Å². The van der Waals surface area contributed by atoms with Crippen molar-refractivity contribution in [2.45, 2.75) is 58.5 Å². The van der Waals surface area contributed by atoms with Crippen molar-refractivity contribution in [2.75, 3.05) is 0 Å². The maximum absolute atomic E-state index is 15.1. The minimum Gasteiger partial charge on any atom is -0.480 e. The van der Waals surface area contributed by atoms with Crippen LogP contribution in [0.4, 0.5) is 4.39 Å². The number of carbonyl (C=O) groups excluding carboxylic acids is 2. The van der Waals surface area contributed by atoms with Crippen LogP contribution in [0.2, 0.25) is 0 Å². The van der Waals surface area contributed by atoms with E-state index in [2.05, 4.69) is 41.4 Å². The maximum Gasteiger partial charge on any atom is 0.325 e. The van der Waals surface area contributed by atoms with E-state index in [1.54, 1.807) is 48.8 Å². The molecular weight excluding hydrogens is 628 g/mol. The number of aromatic nitrogens is 2. The standard InChI is InChI=1S/C38H37FN4O4S/c1-22-6-10-25(11-7-22)27-14-15-29(30(39)19-27)28-20-40-34(41-21-28)26-12-8-24(9-13-26)18-31(35(44)42-23(2)37(46)47)43-36(45)32-16-17-33(48-32)38(3,4)5/h6-17,19-21,23,31H,18H2,1-5H3,(H,42,44)(H,43,45)(H,46,47)/t23-,31+/m1/s1. The monoisotopic (exact) mass is 664 g/mol. The number of nitrogens with one attached hydrogen (secondary N) is 2. The van der Waals surface area contributed by atoms with E-state index in [1.165, 1.54) is 24.3 Å². The summed E-state index contributed by atoms with van der Waals surface area (Å²) in [6, 6.07) is 21.7. The lowest BCUT2D eigenvalue weighted by Gasteiger charge is -2.20. The Morgan fingerprint density at radius 1 is 0.833 bits per heavy atom. The second-order valence-corrected chi connectivity index (χ2v) is 13.8. The summed E-state index contributed by atoms with van der Waals surface area (Å²) >= 11 is 1.35. The van der Waals surface area contributed by atoms with Crippen molar-refractivity contribution in [3.05, 3.63) is 118 Å². The number of rotatable bonds is 10. The Hall–Kier alpha value is -5.22. The minimum absolute atomic E-state index is 0.124. The Bertz CT molecular complexity index is 1930. The van der Waals surface area contributed by atoms with Gasteiger partial charge in [-0.3, -0.25) is 14.4 Å². The van der Waals surface area contributed by atoms with Crippen molar-refractivity contribution in [3.63, 3.8) is 0 Å². The Balaban J connectivity index is 1.30. The van der Waals surface area contributed by atoms with Crippen LogP contribution in [0, 0.1) is 12.7 Å². The SMILES string of the molecule is Cc1ccc(-c2ccc(-c3cnc(-c4ccc(C[C@H](NC(=O)c5ccc(C(C)(C)C)s5)C(=O)N[C@H](C)C(=O)O)cc4)nc3)c(F)c2)cc1. The molecule has 2 heterocycles. The van der Waals surface area contributed by atoms with Crippen LogP contribution in [0.5, 0.6) is 0 Å². The summed E-state index contributed by atoms with van der Waals surface area (Å²) in [6.45, 7) is 9.53. The van der Waals surface area contributed by atoms with Gasteiger partial charge < -0.3 is 15.7 Å². The van der Waals surface area contributed by atoms with Gasteiger partial charge in [-0.05, 0) is 54.2 Å². The lowest BCUT2D eigenvalue weighted by molar-refractivity contribution is -0.141. The average Bonchev–Trinajstić information content (AvgIpc) is 3.57. The molecule has 2 amide bonds. The molecule has 3 aromatic carbocycles. The summed E-state index contributed by atoms with van der Waals surface area (Å²) in [6.07, 6.45) is 3.28. The Morgan fingerprint density at radius 3 is 2.04 bits per heavy atom. The van der Waals surface area contributed by atoms with E-state index in [-0.39, 0.29) is 17.7 Å². The molecule has 2 aromatic heterocycles. The fourth-order valence-electron chi connectivity index (χ4n) is 4.99. The van der Waals surface area contributed by atoms with Crippen LogP contribution in [-0.2, 0) is 21.4 Å². The van der Waals surface area contributed by atoms with E-state index in [0.29, 0.717) is 27.4 Å². The Morgan fingerprint density at radius 2 is 1.46 bits per heavy atom. The minimum atomic E-state index is -1.18. The van der Waals surface area contributed by atoms with Crippen LogP contribution in [0.3, 0.4) is 0 Å². The zero-order valence-electron chi connectivity index (χ0n) is 27.4. The highest BCUT2D eigenvalue weighted by atomic mass is 32.1. The molecule has 2 atom stereocenters. The highest BCUT2D eigenvalue weighted by Crippen LogP contribution is 2.30. The quantitative estimate of drug-likeness (QED) is 0.145. The maximum atomic E-state index is 15.1. The molecule has 10 heteroatoms. The number of halogens is 1. The smallest absolute Gasteiger partial charge is 0.325 e. The number of hydrogen-bond acceptors (Lipinski definition) is 6. The molecule has 0 aliphatic heterocycles. The topological polar surface area (TPSA) is 121 Å². The van der Waals surface area contributed by atoms with Gasteiger partial charge in [0.15, 0.2) is 5.82 Å². The van der Waals surface area contributed by atoms with Gasteiger partial charge in [-0.1, -0.05) is 87.0 Å². The normalized spacial score (nSPS) is 12.6. The number of amides is 2. The summed E-state index contributed by atoms with van der Waals surface area (Å²) in [5, 5.41) is 14.6. The average molecular weight is 665 g/mol. The van der Waals surface area contributed by atoms with Crippen LogP contribution >= 0.6 is 11.3 Å². The molecule has 0 bridgehead atoms. The van der Waals surface area contributed by atoms with E-state index in [1.807, 2.05) is 43.3 Å². The zero-order valence-corrected chi connectivity index (χ0v) is 28.2. The molecule has 3 N–H and O–H groups in total. The lowest BCUT2D eigenvalue weighted by atomic mass is 9.95. The van der Waals surface area contributed by atoms with Gasteiger partial charge in [-0.25, -0.2) is 14.4 Å². The first-order valence-electron chi connectivity index (χ1n) is 15.5. The largest absolute Gasteiger partial charge is 0.480 e. The van der Waals surface area contributed by atoms with E-state index >= 15 is 4.39 Å². The fourth-order valence-corrected chi connectivity index (χ4v) is 5.96. The van der Waals surface area contributed by atoms with E-state index in [0.717, 1.165) is 27.1 Å². The molecule has 8 nitrogen and oxygen atoms in total. The van der Waals surface area contributed by atoms with Gasteiger partial charge >= 0.3 is 5.97 Å². The molecule has 48 heavy (non-hydrogen) atoms. The molecule has 0 saturated carbocycles. The zero-order chi connectivity index (χ0) is 34.6. The number of carbonyl (C=O) groups is 3. The number of carboxylic acid groups (broad SMARTS) is 1. The van der Waals surface area contributed by atoms with Crippen molar-refractivity contribution in [1.29, 1.82) is 0 Å². The third-order valence-corrected chi connectivity index (χ3v) is 9.40. The number of nitrogens with zero attached hydrogens (tertiary/aromatic N) is 2. The van der Waals surface area contributed by atoms with Crippen molar-refractivity contribution in [1.82, 2.24) is 20.6 Å². The Kier molecular flexibility index (Phi) is 10.1. The lowest BCUT2D eigenvalue weighted by Crippen LogP contribution is -2.51. The number of thiophene rings is 1. The van der Waals surface area contributed by atoms with Crippen molar-refractivity contribution >= 4 is 29.1 Å². The number of hydrogen-bond donors (Lipinski definition) is 3. The van der Waals surface area contributed by atoms with Crippen LogP contribution in [0.15, 0.2) is 91.3 Å². The van der Waals surface area contributed by atoms with Gasteiger partial charge in [-0.2, -0.15) is 0 Å². The third-order valence-electron chi connectivity index (χ3n) is 7.89. The number of aryl methyl sites for hydroxylation is 1. The molecule has 0 saturated heterocycles. The van der Waals surface area contributed by atoms with Gasteiger partial charge in [0, 0.05) is 40.4 Å². The summed E-state index contributed by atoms with van der Waals surface area (Å²) in [7, 11) is 0. The van der Waals surface area contributed by atoms with E-state index in [4.69, 9.17) is 0 Å². The second-order valence-electron chi connectivity index (χ2n) is 12.8. The van der Waals surface area contributed by atoms with Gasteiger partial charge in [0.25, 0.3) is 5.91 Å². The summed E-state index contributed by atoms with van der Waals surface area (Å²) in [5.74, 6) is -2.13. The predicted octanol–water partition coefficient (Wildman–Crippen LogP) is 7.21. The van der Waals surface area contributed by atoms with Crippen molar-refractivity contribution in [2.24, 2.45) is 0 Å². The molecule has 0 aliphatic rings. The Labute approximate surface area is 283 Å². The summed E-state index contributed by atoms with van der Waals surface area (Å²) in [4.78, 5) is 48.1. The first-order valence-corrected chi connectivity index (χ1v) is 16.3. The summed E-state index contributed by atoms with van der Waals surface area (Å²) in [5.41, 5.74) is 5.10. The van der Waals surface area contributed by atoms with Crippen LogP contribution in [0.1, 0.15) is 53.4 Å². The highest BCUT2D eigenvalue weighted by Gasteiger charge is 2.26. The van der Waals surface area contributed by atoms with Crippen LogP contribution < -0.4 is 10.6 Å². The second kappa shape index (κ2) is 14.3. The number of carboxylic acids is 1. The molecule has 5 rings (SSSR count).